The summed E-state index contributed by atoms with van der Waals surface area (Å²) < 4.78 is 0. The van der Waals surface area contributed by atoms with Gasteiger partial charge in [0.05, 0.1) is 0 Å². The lowest BCUT2D eigenvalue weighted by atomic mass is 9.93. The Balaban J connectivity index is 2.69. The zero-order chi connectivity index (χ0) is 15.1. The lowest BCUT2D eigenvalue weighted by Gasteiger charge is -2.24. The summed E-state index contributed by atoms with van der Waals surface area (Å²) >= 11 is 0. The number of rotatable bonds is 8. The molecular formula is C18H32N2. The first-order valence-corrected chi connectivity index (χ1v) is 7.98. The van der Waals surface area contributed by atoms with Crippen molar-refractivity contribution in [1.82, 2.24) is 10.2 Å². The lowest BCUT2D eigenvalue weighted by molar-refractivity contribution is 0.283. The van der Waals surface area contributed by atoms with Crippen LogP contribution < -0.4 is 5.32 Å². The van der Waals surface area contributed by atoms with Gasteiger partial charge in [0.1, 0.15) is 0 Å². The first-order chi connectivity index (χ1) is 9.51. The fourth-order valence-corrected chi connectivity index (χ4v) is 3.00. The Morgan fingerprint density at radius 1 is 1.05 bits per heavy atom. The lowest BCUT2D eigenvalue weighted by Crippen LogP contribution is -2.34. The van der Waals surface area contributed by atoms with E-state index in [0.29, 0.717) is 6.04 Å². The number of likely N-dealkylation sites (N-methyl/N-ethyl adjacent to an activating group) is 1. The van der Waals surface area contributed by atoms with Gasteiger partial charge in [-0.3, -0.25) is 0 Å². The molecule has 0 saturated heterocycles. The van der Waals surface area contributed by atoms with Crippen LogP contribution in [0, 0.1) is 20.8 Å². The molecule has 1 unspecified atom stereocenters. The fourth-order valence-electron chi connectivity index (χ4n) is 3.00. The quantitative estimate of drug-likeness (QED) is 0.782. The number of hydrogen-bond donors (Lipinski definition) is 1. The molecule has 1 atom stereocenters. The highest BCUT2D eigenvalue weighted by molar-refractivity contribution is 5.38. The molecule has 0 fully saturated rings. The summed E-state index contributed by atoms with van der Waals surface area (Å²) in [5.74, 6) is 0. The zero-order valence-corrected chi connectivity index (χ0v) is 14.2. The first kappa shape index (κ1) is 17.2. The molecule has 0 aromatic heterocycles. The topological polar surface area (TPSA) is 15.3 Å². The van der Waals surface area contributed by atoms with Crippen molar-refractivity contribution in [3.05, 3.63) is 34.4 Å². The molecular weight excluding hydrogens is 244 g/mol. The van der Waals surface area contributed by atoms with Crippen LogP contribution in [0.4, 0.5) is 0 Å². The van der Waals surface area contributed by atoms with Crippen LogP contribution in [0.15, 0.2) is 12.1 Å². The summed E-state index contributed by atoms with van der Waals surface area (Å²) in [6, 6.07) is 5.18. The highest BCUT2D eigenvalue weighted by Gasteiger charge is 2.12. The Morgan fingerprint density at radius 2 is 1.60 bits per heavy atom. The Bertz CT molecular complexity index is 385. The van der Waals surface area contributed by atoms with Crippen LogP contribution in [0.3, 0.4) is 0 Å². The maximum atomic E-state index is 3.50. The SMILES string of the molecule is CCN(CC)CCC(Cc1c(C)cc(C)cc1C)NC. The minimum atomic E-state index is 0.565. The van der Waals surface area contributed by atoms with E-state index in [2.05, 4.69) is 64.0 Å². The Kier molecular flexibility index (Phi) is 7.25. The van der Waals surface area contributed by atoms with Crippen LogP contribution >= 0.6 is 0 Å². The number of aryl methyl sites for hydroxylation is 3. The molecule has 0 saturated carbocycles. The summed E-state index contributed by atoms with van der Waals surface area (Å²) in [6.07, 6.45) is 2.35. The van der Waals surface area contributed by atoms with Gasteiger partial charge in [-0.15, -0.1) is 0 Å². The van der Waals surface area contributed by atoms with Gasteiger partial charge in [0.25, 0.3) is 0 Å². The van der Waals surface area contributed by atoms with Crippen molar-refractivity contribution in [3.63, 3.8) is 0 Å². The molecule has 0 amide bonds. The van der Waals surface area contributed by atoms with Crippen LogP contribution in [0.1, 0.15) is 42.5 Å². The molecule has 1 N–H and O–H groups in total. The Labute approximate surface area is 125 Å². The molecule has 0 aliphatic heterocycles. The third kappa shape index (κ3) is 4.92. The van der Waals surface area contributed by atoms with Crippen molar-refractivity contribution < 1.29 is 0 Å². The molecule has 2 heteroatoms. The van der Waals surface area contributed by atoms with E-state index in [1.54, 1.807) is 0 Å². The van der Waals surface area contributed by atoms with E-state index >= 15 is 0 Å². The zero-order valence-electron chi connectivity index (χ0n) is 14.2. The Hall–Kier alpha value is -0.860. The van der Waals surface area contributed by atoms with Gasteiger partial charge in [-0.2, -0.15) is 0 Å². The minimum absolute atomic E-state index is 0.565. The van der Waals surface area contributed by atoms with Crippen molar-refractivity contribution in [2.24, 2.45) is 0 Å². The predicted octanol–water partition coefficient (Wildman–Crippen LogP) is 3.47. The van der Waals surface area contributed by atoms with Gasteiger partial charge >= 0.3 is 0 Å². The summed E-state index contributed by atoms with van der Waals surface area (Å²) in [6.45, 7) is 14.6. The third-order valence-corrected chi connectivity index (χ3v) is 4.39. The summed E-state index contributed by atoms with van der Waals surface area (Å²) in [7, 11) is 2.09. The molecule has 20 heavy (non-hydrogen) atoms. The van der Waals surface area contributed by atoms with Gasteiger partial charge < -0.3 is 10.2 Å². The molecule has 1 rings (SSSR count). The normalized spacial score (nSPS) is 12.9. The average Bonchev–Trinajstić information content (AvgIpc) is 2.41. The van der Waals surface area contributed by atoms with Gasteiger partial charge in [0, 0.05) is 6.04 Å². The van der Waals surface area contributed by atoms with Crippen LogP contribution in [-0.4, -0.2) is 37.6 Å². The smallest absolute Gasteiger partial charge is 0.0117 e. The van der Waals surface area contributed by atoms with E-state index in [1.165, 1.54) is 35.2 Å². The van der Waals surface area contributed by atoms with Crippen LogP contribution in [0.25, 0.3) is 0 Å². The molecule has 0 heterocycles. The number of nitrogens with one attached hydrogen (secondary N) is 1. The van der Waals surface area contributed by atoms with E-state index in [0.717, 1.165) is 19.5 Å². The van der Waals surface area contributed by atoms with Crippen molar-refractivity contribution in [3.8, 4) is 0 Å². The van der Waals surface area contributed by atoms with Gasteiger partial charge in [-0.25, -0.2) is 0 Å². The van der Waals surface area contributed by atoms with Crippen molar-refractivity contribution in [1.29, 1.82) is 0 Å². The highest BCUT2D eigenvalue weighted by Crippen LogP contribution is 2.19. The summed E-state index contributed by atoms with van der Waals surface area (Å²) in [5, 5.41) is 3.50. The van der Waals surface area contributed by atoms with Crippen LogP contribution in [0.5, 0.6) is 0 Å². The molecule has 114 valence electrons. The summed E-state index contributed by atoms with van der Waals surface area (Å²) in [4.78, 5) is 2.50. The van der Waals surface area contributed by atoms with Crippen molar-refractivity contribution in [2.75, 3.05) is 26.7 Å². The molecule has 0 radical (unpaired) electrons. The second kappa shape index (κ2) is 8.43. The number of benzene rings is 1. The third-order valence-electron chi connectivity index (χ3n) is 4.39. The highest BCUT2D eigenvalue weighted by atomic mass is 15.1. The van der Waals surface area contributed by atoms with Gasteiger partial charge in [0.2, 0.25) is 0 Å². The predicted molar refractivity (Wildman–Crippen MR) is 89.6 cm³/mol. The van der Waals surface area contributed by atoms with Crippen LogP contribution in [-0.2, 0) is 6.42 Å². The standard InChI is InChI=1S/C18H32N2/c1-7-20(8-2)10-9-17(19-6)13-18-15(4)11-14(3)12-16(18)5/h11-12,17,19H,7-10,13H2,1-6H3. The minimum Gasteiger partial charge on any atom is -0.317 e. The fraction of sp³-hybridized carbons (Fsp3) is 0.667. The van der Waals surface area contributed by atoms with E-state index in [9.17, 15) is 0 Å². The van der Waals surface area contributed by atoms with Crippen LogP contribution in [0.2, 0.25) is 0 Å². The van der Waals surface area contributed by atoms with Gasteiger partial charge in [-0.1, -0.05) is 31.5 Å². The maximum absolute atomic E-state index is 3.50. The van der Waals surface area contributed by atoms with E-state index in [1.807, 2.05) is 0 Å². The van der Waals surface area contributed by atoms with Crippen molar-refractivity contribution >= 4 is 0 Å². The molecule has 0 aliphatic carbocycles. The summed E-state index contributed by atoms with van der Waals surface area (Å²) in [5.41, 5.74) is 5.76. The monoisotopic (exact) mass is 276 g/mol. The molecule has 0 spiro atoms. The molecule has 2 nitrogen and oxygen atoms in total. The molecule has 0 bridgehead atoms. The first-order valence-electron chi connectivity index (χ1n) is 7.98. The second-order valence-corrected chi connectivity index (χ2v) is 5.88. The van der Waals surface area contributed by atoms with E-state index < -0.39 is 0 Å². The second-order valence-electron chi connectivity index (χ2n) is 5.88. The maximum Gasteiger partial charge on any atom is 0.0117 e. The van der Waals surface area contributed by atoms with Gasteiger partial charge in [-0.05, 0) is 77.0 Å². The van der Waals surface area contributed by atoms with Crippen molar-refractivity contribution in [2.45, 2.75) is 53.5 Å². The largest absolute Gasteiger partial charge is 0.317 e. The molecule has 0 aliphatic rings. The average molecular weight is 276 g/mol. The van der Waals surface area contributed by atoms with E-state index in [4.69, 9.17) is 0 Å². The van der Waals surface area contributed by atoms with E-state index in [-0.39, 0.29) is 0 Å². The number of hydrogen-bond acceptors (Lipinski definition) is 2. The number of nitrogens with zero attached hydrogens (tertiary/aromatic N) is 1. The Morgan fingerprint density at radius 3 is 2.05 bits per heavy atom. The molecule has 1 aromatic carbocycles. The molecule has 1 aromatic rings. The van der Waals surface area contributed by atoms with Gasteiger partial charge in [0.15, 0.2) is 0 Å².